The van der Waals surface area contributed by atoms with E-state index in [2.05, 4.69) is 0 Å². The lowest BCUT2D eigenvalue weighted by Crippen LogP contribution is -2.12. The van der Waals surface area contributed by atoms with Crippen LogP contribution in [0.5, 0.6) is 0 Å². The van der Waals surface area contributed by atoms with Crippen LogP contribution >= 0.6 is 0 Å². The Morgan fingerprint density at radius 2 is 1.76 bits per heavy atom. The minimum absolute atomic E-state index is 0.352. The van der Waals surface area contributed by atoms with Crippen LogP contribution in [0.15, 0.2) is 47.4 Å². The minimum atomic E-state index is -4.12. The van der Waals surface area contributed by atoms with Gasteiger partial charge in [0, 0.05) is 5.56 Å². The molecule has 0 radical (unpaired) electrons. The lowest BCUT2D eigenvalue weighted by atomic mass is 10.2. The number of aromatic carboxylic acids is 1. The van der Waals surface area contributed by atoms with Gasteiger partial charge in [0.2, 0.25) is 0 Å². The van der Waals surface area contributed by atoms with Crippen LogP contribution in [0.4, 0.5) is 8.78 Å². The van der Waals surface area contributed by atoms with Crippen molar-refractivity contribution in [2.24, 2.45) is 0 Å². The van der Waals surface area contributed by atoms with Crippen molar-refractivity contribution in [2.45, 2.75) is 10.6 Å². The molecular formula is C14H10F2O4S. The van der Waals surface area contributed by atoms with E-state index in [0.29, 0.717) is 0 Å². The quantitative estimate of drug-likeness (QED) is 0.942. The molecule has 0 fully saturated rings. The standard InChI is InChI=1S/C14H10F2O4S/c15-10-5-6-12(16)9(7-10)8-21(19,20)13-4-2-1-3-11(13)14(17)18/h1-7H,8H2,(H,17,18). The van der Waals surface area contributed by atoms with Crippen LogP contribution in [0, 0.1) is 11.6 Å². The summed E-state index contributed by atoms with van der Waals surface area (Å²) in [6.45, 7) is 0. The van der Waals surface area contributed by atoms with Gasteiger partial charge in [-0.25, -0.2) is 22.0 Å². The summed E-state index contributed by atoms with van der Waals surface area (Å²) in [5.74, 6) is -3.87. The van der Waals surface area contributed by atoms with Gasteiger partial charge in [-0.3, -0.25) is 0 Å². The molecule has 0 heterocycles. The lowest BCUT2D eigenvalue weighted by Gasteiger charge is -2.08. The molecule has 0 aliphatic rings. The van der Waals surface area contributed by atoms with Crippen LogP contribution < -0.4 is 0 Å². The monoisotopic (exact) mass is 312 g/mol. The zero-order valence-electron chi connectivity index (χ0n) is 10.6. The van der Waals surface area contributed by atoms with Crippen molar-refractivity contribution >= 4 is 15.8 Å². The minimum Gasteiger partial charge on any atom is -0.478 e. The number of hydrogen-bond acceptors (Lipinski definition) is 3. The maximum absolute atomic E-state index is 13.5. The molecule has 0 saturated carbocycles. The Kier molecular flexibility index (Phi) is 4.04. The highest BCUT2D eigenvalue weighted by Crippen LogP contribution is 2.22. The molecule has 0 aromatic heterocycles. The van der Waals surface area contributed by atoms with Crippen LogP contribution in [0.2, 0.25) is 0 Å². The highest BCUT2D eigenvalue weighted by molar-refractivity contribution is 7.90. The summed E-state index contributed by atoms with van der Waals surface area (Å²) in [4.78, 5) is 10.6. The second-order valence-electron chi connectivity index (χ2n) is 4.30. The van der Waals surface area contributed by atoms with Crippen LogP contribution in [0.3, 0.4) is 0 Å². The van der Waals surface area contributed by atoms with Crippen LogP contribution in [-0.4, -0.2) is 19.5 Å². The summed E-state index contributed by atoms with van der Waals surface area (Å²) in [6.07, 6.45) is 0. The third-order valence-corrected chi connectivity index (χ3v) is 4.52. The van der Waals surface area contributed by atoms with Gasteiger partial charge >= 0.3 is 5.97 Å². The van der Waals surface area contributed by atoms with Gasteiger partial charge in [-0.05, 0) is 30.3 Å². The molecule has 2 aromatic carbocycles. The van der Waals surface area contributed by atoms with E-state index in [0.717, 1.165) is 30.3 Å². The van der Waals surface area contributed by atoms with Gasteiger partial charge in [0.05, 0.1) is 16.2 Å². The molecule has 0 amide bonds. The van der Waals surface area contributed by atoms with Gasteiger partial charge < -0.3 is 5.11 Å². The first-order valence-electron chi connectivity index (χ1n) is 5.80. The fourth-order valence-electron chi connectivity index (χ4n) is 1.85. The first-order chi connectivity index (χ1) is 9.81. The molecule has 0 spiro atoms. The molecule has 0 aliphatic carbocycles. The Hall–Kier alpha value is -2.28. The van der Waals surface area contributed by atoms with E-state index in [4.69, 9.17) is 5.11 Å². The lowest BCUT2D eigenvalue weighted by molar-refractivity contribution is 0.0692. The Morgan fingerprint density at radius 3 is 2.43 bits per heavy atom. The zero-order chi connectivity index (χ0) is 15.6. The first-order valence-corrected chi connectivity index (χ1v) is 7.45. The fourth-order valence-corrected chi connectivity index (χ4v) is 3.41. The highest BCUT2D eigenvalue weighted by atomic mass is 32.2. The Balaban J connectivity index is 2.49. The van der Waals surface area contributed by atoms with Crippen molar-refractivity contribution < 1.29 is 27.1 Å². The van der Waals surface area contributed by atoms with Crippen LogP contribution in [-0.2, 0) is 15.6 Å². The number of rotatable bonds is 4. The highest BCUT2D eigenvalue weighted by Gasteiger charge is 2.23. The number of benzene rings is 2. The van der Waals surface area contributed by atoms with Gasteiger partial charge in [-0.1, -0.05) is 12.1 Å². The summed E-state index contributed by atoms with van der Waals surface area (Å²) in [5.41, 5.74) is -0.760. The fraction of sp³-hybridized carbons (Fsp3) is 0.0714. The van der Waals surface area contributed by atoms with Gasteiger partial charge in [0.1, 0.15) is 11.6 Å². The number of carbonyl (C=O) groups is 1. The van der Waals surface area contributed by atoms with Crippen molar-refractivity contribution in [3.05, 3.63) is 65.2 Å². The summed E-state index contributed by atoms with van der Waals surface area (Å²) in [7, 11) is -4.12. The number of sulfone groups is 1. The number of halogens is 2. The molecule has 0 atom stereocenters. The number of carboxylic acid groups (broad SMARTS) is 1. The van der Waals surface area contributed by atoms with Gasteiger partial charge in [-0.15, -0.1) is 0 Å². The first kappa shape index (κ1) is 15.1. The molecule has 0 bridgehead atoms. The predicted molar refractivity (Wildman–Crippen MR) is 70.6 cm³/mol. The normalized spacial score (nSPS) is 11.3. The van der Waals surface area contributed by atoms with Gasteiger partial charge in [-0.2, -0.15) is 0 Å². The maximum atomic E-state index is 13.5. The Morgan fingerprint density at radius 1 is 1.10 bits per heavy atom. The van der Waals surface area contributed by atoms with Crippen molar-refractivity contribution in [2.75, 3.05) is 0 Å². The maximum Gasteiger partial charge on any atom is 0.337 e. The van der Waals surface area contributed by atoms with E-state index in [1.54, 1.807) is 0 Å². The Bertz CT molecular complexity index is 800. The summed E-state index contributed by atoms with van der Waals surface area (Å²) in [5, 5.41) is 9.00. The average Bonchev–Trinajstić information content (AvgIpc) is 2.42. The largest absolute Gasteiger partial charge is 0.478 e. The molecule has 110 valence electrons. The summed E-state index contributed by atoms with van der Waals surface area (Å²) in [6, 6.07) is 7.47. The van der Waals surface area contributed by atoms with Crippen molar-refractivity contribution in [1.82, 2.24) is 0 Å². The molecule has 0 aliphatic heterocycles. The molecule has 2 rings (SSSR count). The van der Waals surface area contributed by atoms with Gasteiger partial charge in [0.15, 0.2) is 9.84 Å². The molecule has 1 N–H and O–H groups in total. The third kappa shape index (κ3) is 3.25. The second-order valence-corrected chi connectivity index (χ2v) is 6.25. The van der Waals surface area contributed by atoms with E-state index in [-0.39, 0.29) is 5.56 Å². The van der Waals surface area contributed by atoms with Gasteiger partial charge in [0.25, 0.3) is 0 Å². The molecule has 21 heavy (non-hydrogen) atoms. The average molecular weight is 312 g/mol. The molecule has 7 heteroatoms. The van der Waals surface area contributed by atoms with E-state index in [9.17, 15) is 22.0 Å². The SMILES string of the molecule is O=C(O)c1ccccc1S(=O)(=O)Cc1cc(F)ccc1F. The third-order valence-electron chi connectivity index (χ3n) is 2.81. The summed E-state index contributed by atoms with van der Waals surface area (Å²) >= 11 is 0. The van der Waals surface area contributed by atoms with E-state index >= 15 is 0 Å². The molecular weight excluding hydrogens is 302 g/mol. The van der Waals surface area contributed by atoms with Crippen molar-refractivity contribution in [1.29, 1.82) is 0 Å². The summed E-state index contributed by atoms with van der Waals surface area (Å²) < 4.78 is 51.1. The molecule has 4 nitrogen and oxygen atoms in total. The van der Waals surface area contributed by atoms with Crippen LogP contribution in [0.25, 0.3) is 0 Å². The molecule has 0 unspecified atom stereocenters. The molecule has 2 aromatic rings. The smallest absolute Gasteiger partial charge is 0.337 e. The Labute approximate surface area is 119 Å². The number of carboxylic acids is 1. The van der Waals surface area contributed by atoms with Crippen LogP contribution in [0.1, 0.15) is 15.9 Å². The predicted octanol–water partition coefficient (Wildman–Crippen LogP) is 2.64. The van der Waals surface area contributed by atoms with E-state index in [1.807, 2.05) is 0 Å². The molecule has 0 saturated heterocycles. The van der Waals surface area contributed by atoms with E-state index in [1.165, 1.54) is 12.1 Å². The van der Waals surface area contributed by atoms with Crippen molar-refractivity contribution in [3.63, 3.8) is 0 Å². The number of hydrogen-bond donors (Lipinski definition) is 1. The van der Waals surface area contributed by atoms with E-state index < -0.39 is 43.7 Å². The zero-order valence-corrected chi connectivity index (χ0v) is 11.4. The topological polar surface area (TPSA) is 71.4 Å². The van der Waals surface area contributed by atoms with Crippen molar-refractivity contribution in [3.8, 4) is 0 Å². The second kappa shape index (κ2) is 5.61.